The van der Waals surface area contributed by atoms with E-state index >= 15 is 0 Å². The molecule has 2 N–H and O–H groups in total. The maximum atomic E-state index is 11.2. The Labute approximate surface area is 161 Å². The number of anilines is 1. The van der Waals surface area contributed by atoms with Crippen molar-refractivity contribution in [1.29, 1.82) is 0 Å². The average Bonchev–Trinajstić information content (AvgIpc) is 3.03. The summed E-state index contributed by atoms with van der Waals surface area (Å²) in [6, 6.07) is 15.9. The molecule has 2 heterocycles. The van der Waals surface area contributed by atoms with Crippen LogP contribution in [0.1, 0.15) is 22.5 Å². The summed E-state index contributed by atoms with van der Waals surface area (Å²) in [5.74, 6) is 0.747. The molecule has 1 aliphatic rings. The van der Waals surface area contributed by atoms with Gasteiger partial charge in [0.05, 0.1) is 17.9 Å². The second-order valence-corrected chi connectivity index (χ2v) is 8.17. The van der Waals surface area contributed by atoms with Gasteiger partial charge in [-0.1, -0.05) is 24.3 Å². The van der Waals surface area contributed by atoms with E-state index in [0.29, 0.717) is 5.56 Å². The van der Waals surface area contributed by atoms with Gasteiger partial charge in [0.15, 0.2) is 0 Å². The van der Waals surface area contributed by atoms with Crippen molar-refractivity contribution in [3.8, 4) is 10.6 Å². The molecule has 0 spiro atoms. The predicted octanol–water partition coefficient (Wildman–Crippen LogP) is 4.41. The second kappa shape index (κ2) is 7.51. The van der Waals surface area contributed by atoms with Gasteiger partial charge in [-0.15, -0.1) is 23.1 Å². The van der Waals surface area contributed by atoms with E-state index in [9.17, 15) is 4.79 Å². The lowest BCUT2D eigenvalue weighted by atomic mass is 10.1. The molecule has 132 valence electrons. The van der Waals surface area contributed by atoms with Gasteiger partial charge in [-0.2, -0.15) is 0 Å². The van der Waals surface area contributed by atoms with E-state index in [4.69, 9.17) is 10.7 Å². The number of hydrogen-bond acceptors (Lipinski definition) is 5. The molecule has 4 nitrogen and oxygen atoms in total. The zero-order valence-corrected chi connectivity index (χ0v) is 15.9. The number of fused-ring (bicyclic) bond motifs is 1. The normalized spacial score (nSPS) is 13.9. The van der Waals surface area contributed by atoms with Gasteiger partial charge in [0.1, 0.15) is 5.01 Å². The van der Waals surface area contributed by atoms with Gasteiger partial charge >= 0.3 is 0 Å². The lowest BCUT2D eigenvalue weighted by molar-refractivity contribution is 0.100. The molecule has 2 aromatic carbocycles. The van der Waals surface area contributed by atoms with Gasteiger partial charge in [0.2, 0.25) is 5.91 Å². The fourth-order valence-corrected chi connectivity index (χ4v) is 4.88. The topological polar surface area (TPSA) is 59.2 Å². The Morgan fingerprint density at radius 1 is 1.15 bits per heavy atom. The van der Waals surface area contributed by atoms with E-state index in [1.54, 1.807) is 23.5 Å². The Hall–Kier alpha value is -2.31. The monoisotopic (exact) mass is 381 g/mol. The van der Waals surface area contributed by atoms with Crippen molar-refractivity contribution in [2.24, 2.45) is 5.73 Å². The number of thiazole rings is 1. The number of para-hydroxylation sites is 1. The van der Waals surface area contributed by atoms with Crippen LogP contribution in [0, 0.1) is 0 Å². The maximum absolute atomic E-state index is 11.2. The average molecular weight is 382 g/mol. The molecule has 4 rings (SSSR count). The van der Waals surface area contributed by atoms with Crippen molar-refractivity contribution >= 4 is 34.7 Å². The van der Waals surface area contributed by atoms with Gasteiger partial charge in [0.25, 0.3) is 0 Å². The minimum absolute atomic E-state index is 0.408. The van der Waals surface area contributed by atoms with Crippen LogP contribution >= 0.6 is 23.1 Å². The number of amides is 1. The van der Waals surface area contributed by atoms with Gasteiger partial charge in [0, 0.05) is 27.9 Å². The summed E-state index contributed by atoms with van der Waals surface area (Å²) in [7, 11) is 0. The molecule has 0 bridgehead atoms. The molecule has 0 fully saturated rings. The highest BCUT2D eigenvalue weighted by Crippen LogP contribution is 2.34. The number of benzene rings is 2. The summed E-state index contributed by atoms with van der Waals surface area (Å²) in [4.78, 5) is 19.8. The molecule has 0 atom stereocenters. The summed E-state index contributed by atoms with van der Waals surface area (Å²) in [6.45, 7) is 1.86. The van der Waals surface area contributed by atoms with Crippen molar-refractivity contribution in [3.05, 3.63) is 65.2 Å². The van der Waals surface area contributed by atoms with Crippen molar-refractivity contribution < 1.29 is 4.79 Å². The first-order valence-electron chi connectivity index (χ1n) is 8.52. The summed E-state index contributed by atoms with van der Waals surface area (Å²) < 4.78 is 0. The zero-order chi connectivity index (χ0) is 17.9. The van der Waals surface area contributed by atoms with E-state index < -0.39 is 5.91 Å². The molecule has 0 radical (unpaired) electrons. The van der Waals surface area contributed by atoms with E-state index in [0.717, 1.165) is 35.1 Å². The number of primary amides is 1. The fraction of sp³-hybridized carbons (Fsp3) is 0.200. The molecule has 0 saturated heterocycles. The summed E-state index contributed by atoms with van der Waals surface area (Å²) in [5.41, 5.74) is 9.21. The van der Waals surface area contributed by atoms with Crippen LogP contribution in [-0.2, 0) is 6.54 Å². The molecular formula is C20H19N3OS2. The van der Waals surface area contributed by atoms with Crippen LogP contribution in [0.15, 0.2) is 58.8 Å². The predicted molar refractivity (Wildman–Crippen MR) is 109 cm³/mol. The first kappa shape index (κ1) is 17.1. The molecule has 6 heteroatoms. The lowest BCUT2D eigenvalue weighted by Crippen LogP contribution is -2.23. The highest BCUT2D eigenvalue weighted by molar-refractivity contribution is 7.99. The Kier molecular flexibility index (Phi) is 4.95. The molecule has 1 aliphatic heterocycles. The van der Waals surface area contributed by atoms with Crippen LogP contribution in [0.25, 0.3) is 10.6 Å². The van der Waals surface area contributed by atoms with Crippen LogP contribution in [0.2, 0.25) is 0 Å². The van der Waals surface area contributed by atoms with Gasteiger partial charge in [-0.3, -0.25) is 4.79 Å². The van der Waals surface area contributed by atoms with E-state index in [1.807, 2.05) is 23.9 Å². The maximum Gasteiger partial charge on any atom is 0.248 e. The smallest absolute Gasteiger partial charge is 0.248 e. The Bertz CT molecular complexity index is 921. The van der Waals surface area contributed by atoms with Crippen LogP contribution in [0.4, 0.5) is 5.69 Å². The Morgan fingerprint density at radius 3 is 2.77 bits per heavy atom. The lowest BCUT2D eigenvalue weighted by Gasteiger charge is -2.23. The molecule has 0 saturated carbocycles. The van der Waals surface area contributed by atoms with Crippen LogP contribution in [0.5, 0.6) is 0 Å². The Morgan fingerprint density at radius 2 is 1.96 bits per heavy atom. The summed E-state index contributed by atoms with van der Waals surface area (Å²) in [6.07, 6.45) is 1.17. The summed E-state index contributed by atoms with van der Waals surface area (Å²) in [5, 5.41) is 3.09. The minimum atomic E-state index is -0.408. The molecule has 0 unspecified atom stereocenters. The quantitative estimate of drug-likeness (QED) is 0.727. The first-order chi connectivity index (χ1) is 12.7. The van der Waals surface area contributed by atoms with E-state index in [2.05, 4.69) is 34.5 Å². The van der Waals surface area contributed by atoms with Crippen molar-refractivity contribution in [3.63, 3.8) is 0 Å². The highest BCUT2D eigenvalue weighted by Gasteiger charge is 2.17. The molecule has 3 aromatic rings. The number of nitrogens with zero attached hydrogens (tertiary/aromatic N) is 2. The zero-order valence-electron chi connectivity index (χ0n) is 14.2. The van der Waals surface area contributed by atoms with Crippen LogP contribution < -0.4 is 10.6 Å². The van der Waals surface area contributed by atoms with Gasteiger partial charge in [-0.05, 0) is 36.4 Å². The number of nitrogens with two attached hydrogens (primary N) is 1. The van der Waals surface area contributed by atoms with Crippen LogP contribution in [-0.4, -0.2) is 23.2 Å². The Balaban J connectivity index is 1.54. The SMILES string of the molecule is NC(=O)c1ccc(-c2nc(CN3CCCSc4ccccc43)cs2)cc1. The fourth-order valence-electron chi connectivity index (χ4n) is 3.05. The number of rotatable bonds is 4. The molecule has 1 aromatic heterocycles. The third-order valence-corrected chi connectivity index (χ3v) is 6.45. The van der Waals surface area contributed by atoms with Gasteiger partial charge < -0.3 is 10.6 Å². The van der Waals surface area contributed by atoms with E-state index in [-0.39, 0.29) is 0 Å². The van der Waals surface area contributed by atoms with Crippen LogP contribution in [0.3, 0.4) is 0 Å². The minimum Gasteiger partial charge on any atom is -0.366 e. The molecule has 26 heavy (non-hydrogen) atoms. The van der Waals surface area contributed by atoms with E-state index in [1.165, 1.54) is 17.0 Å². The molecule has 1 amide bonds. The van der Waals surface area contributed by atoms with Crippen molar-refractivity contribution in [2.45, 2.75) is 17.9 Å². The third kappa shape index (κ3) is 3.61. The number of carbonyl (C=O) groups is 1. The third-order valence-electron chi connectivity index (χ3n) is 4.36. The molecular weight excluding hydrogens is 362 g/mol. The summed E-state index contributed by atoms with van der Waals surface area (Å²) >= 11 is 3.57. The standard InChI is InChI=1S/C20H19N3OS2/c21-19(24)14-6-8-15(9-7-14)20-22-16(13-26-20)12-23-10-3-11-25-18-5-2-1-4-17(18)23/h1-2,4-9,13H,3,10-12H2,(H2,21,24). The number of thioether (sulfide) groups is 1. The van der Waals surface area contributed by atoms with Crippen molar-refractivity contribution in [2.75, 3.05) is 17.2 Å². The van der Waals surface area contributed by atoms with Gasteiger partial charge in [-0.25, -0.2) is 4.98 Å². The molecule has 0 aliphatic carbocycles. The first-order valence-corrected chi connectivity index (χ1v) is 10.4. The number of carbonyl (C=O) groups excluding carboxylic acids is 1. The largest absolute Gasteiger partial charge is 0.366 e. The number of aromatic nitrogens is 1. The second-order valence-electron chi connectivity index (χ2n) is 6.18. The van der Waals surface area contributed by atoms with Crippen molar-refractivity contribution in [1.82, 2.24) is 4.98 Å². The number of hydrogen-bond donors (Lipinski definition) is 1. The highest BCUT2D eigenvalue weighted by atomic mass is 32.2.